The summed E-state index contributed by atoms with van der Waals surface area (Å²) in [6.07, 6.45) is 1.49. The second kappa shape index (κ2) is 2.96. The first kappa shape index (κ1) is 8.14. The van der Waals surface area contributed by atoms with Gasteiger partial charge in [0.05, 0.1) is 6.26 Å². The van der Waals surface area contributed by atoms with Crippen molar-refractivity contribution in [2.75, 3.05) is 0 Å². The standard InChI is InChI=1S/C8H13NO2/c1-5(2)8(9)6-3-7(10)11-4-6/h3-5,8,10H,9H2,1-2H3/t8-/m1/s1. The lowest BCUT2D eigenvalue weighted by Gasteiger charge is -2.12. The van der Waals surface area contributed by atoms with E-state index < -0.39 is 0 Å². The Hall–Kier alpha value is -0.960. The summed E-state index contributed by atoms with van der Waals surface area (Å²) in [6, 6.07) is 1.49. The quantitative estimate of drug-likeness (QED) is 0.682. The van der Waals surface area contributed by atoms with Crippen molar-refractivity contribution in [3.8, 4) is 5.95 Å². The van der Waals surface area contributed by atoms with Crippen LogP contribution in [0.1, 0.15) is 25.5 Å². The van der Waals surface area contributed by atoms with Crippen LogP contribution in [0.25, 0.3) is 0 Å². The lowest BCUT2D eigenvalue weighted by molar-refractivity contribution is 0.332. The Morgan fingerprint density at radius 3 is 2.55 bits per heavy atom. The van der Waals surface area contributed by atoms with Crippen LogP contribution >= 0.6 is 0 Å². The normalized spacial score (nSPS) is 13.8. The summed E-state index contributed by atoms with van der Waals surface area (Å²) in [5, 5.41) is 8.86. The zero-order valence-electron chi connectivity index (χ0n) is 6.74. The average Bonchev–Trinajstić information content (AvgIpc) is 2.34. The molecule has 0 aliphatic carbocycles. The molecule has 1 heterocycles. The van der Waals surface area contributed by atoms with Gasteiger partial charge in [-0.2, -0.15) is 0 Å². The second-order valence-corrected chi connectivity index (χ2v) is 2.99. The Balaban J connectivity index is 2.76. The van der Waals surface area contributed by atoms with Crippen LogP contribution in [-0.2, 0) is 0 Å². The molecular formula is C8H13NO2. The fourth-order valence-corrected chi connectivity index (χ4v) is 0.899. The van der Waals surface area contributed by atoms with Crippen LogP contribution in [0.3, 0.4) is 0 Å². The van der Waals surface area contributed by atoms with Gasteiger partial charge in [0.2, 0.25) is 0 Å². The summed E-state index contributed by atoms with van der Waals surface area (Å²) in [4.78, 5) is 0. The fourth-order valence-electron chi connectivity index (χ4n) is 0.899. The van der Waals surface area contributed by atoms with Gasteiger partial charge in [0.15, 0.2) is 0 Å². The molecule has 3 heteroatoms. The second-order valence-electron chi connectivity index (χ2n) is 2.99. The summed E-state index contributed by atoms with van der Waals surface area (Å²) in [6.45, 7) is 4.05. The van der Waals surface area contributed by atoms with Gasteiger partial charge in [0, 0.05) is 17.7 Å². The molecule has 0 saturated carbocycles. The van der Waals surface area contributed by atoms with Gasteiger partial charge >= 0.3 is 0 Å². The van der Waals surface area contributed by atoms with Crippen LogP contribution in [0.15, 0.2) is 16.7 Å². The van der Waals surface area contributed by atoms with Gasteiger partial charge in [-0.15, -0.1) is 0 Å². The highest BCUT2D eigenvalue weighted by Gasteiger charge is 2.12. The van der Waals surface area contributed by atoms with Crippen molar-refractivity contribution < 1.29 is 9.52 Å². The van der Waals surface area contributed by atoms with Crippen molar-refractivity contribution in [3.63, 3.8) is 0 Å². The summed E-state index contributed by atoms with van der Waals surface area (Å²) in [7, 11) is 0. The molecule has 1 aromatic rings. The molecule has 1 rings (SSSR count). The molecule has 1 aromatic heterocycles. The number of nitrogens with two attached hydrogens (primary N) is 1. The molecule has 0 fully saturated rings. The van der Waals surface area contributed by atoms with Crippen molar-refractivity contribution in [1.29, 1.82) is 0 Å². The lowest BCUT2D eigenvalue weighted by atomic mass is 10.00. The molecule has 62 valence electrons. The third-order valence-electron chi connectivity index (χ3n) is 1.71. The molecule has 0 bridgehead atoms. The maximum Gasteiger partial charge on any atom is 0.282 e. The van der Waals surface area contributed by atoms with E-state index in [9.17, 15) is 0 Å². The smallest absolute Gasteiger partial charge is 0.282 e. The van der Waals surface area contributed by atoms with Crippen molar-refractivity contribution in [2.24, 2.45) is 11.7 Å². The molecule has 0 aliphatic rings. The van der Waals surface area contributed by atoms with Crippen molar-refractivity contribution in [2.45, 2.75) is 19.9 Å². The highest BCUT2D eigenvalue weighted by molar-refractivity contribution is 5.19. The molecule has 0 radical (unpaired) electrons. The number of furan rings is 1. The van der Waals surface area contributed by atoms with E-state index in [4.69, 9.17) is 15.3 Å². The molecular weight excluding hydrogens is 142 g/mol. The van der Waals surface area contributed by atoms with Crippen LogP contribution in [0, 0.1) is 5.92 Å². The summed E-state index contributed by atoms with van der Waals surface area (Å²) in [5.41, 5.74) is 6.62. The maximum absolute atomic E-state index is 8.86. The van der Waals surface area contributed by atoms with Gasteiger partial charge in [0.1, 0.15) is 0 Å². The molecule has 3 nitrogen and oxygen atoms in total. The first-order valence-electron chi connectivity index (χ1n) is 3.64. The van der Waals surface area contributed by atoms with Crippen LogP contribution in [0.4, 0.5) is 0 Å². The van der Waals surface area contributed by atoms with E-state index in [0.717, 1.165) is 5.56 Å². The van der Waals surface area contributed by atoms with Gasteiger partial charge in [-0.3, -0.25) is 0 Å². The minimum Gasteiger partial charge on any atom is -0.481 e. The highest BCUT2D eigenvalue weighted by atomic mass is 16.5. The third kappa shape index (κ3) is 1.74. The number of hydrogen-bond donors (Lipinski definition) is 2. The van der Waals surface area contributed by atoms with Crippen LogP contribution in [-0.4, -0.2) is 5.11 Å². The van der Waals surface area contributed by atoms with Crippen molar-refractivity contribution >= 4 is 0 Å². The van der Waals surface area contributed by atoms with E-state index >= 15 is 0 Å². The van der Waals surface area contributed by atoms with E-state index in [1.54, 1.807) is 6.07 Å². The van der Waals surface area contributed by atoms with Gasteiger partial charge in [0.25, 0.3) is 5.95 Å². The summed E-state index contributed by atoms with van der Waals surface area (Å²) < 4.78 is 4.71. The lowest BCUT2D eigenvalue weighted by Crippen LogP contribution is -2.15. The maximum atomic E-state index is 8.86. The Bertz CT molecular complexity index is 230. The number of aromatic hydroxyl groups is 1. The van der Waals surface area contributed by atoms with Crippen LogP contribution < -0.4 is 5.73 Å². The predicted octanol–water partition coefficient (Wildman–Crippen LogP) is 1.64. The monoisotopic (exact) mass is 155 g/mol. The van der Waals surface area contributed by atoms with Crippen LogP contribution in [0.5, 0.6) is 5.95 Å². The van der Waals surface area contributed by atoms with Gasteiger partial charge in [-0.25, -0.2) is 0 Å². The van der Waals surface area contributed by atoms with E-state index in [-0.39, 0.29) is 12.0 Å². The zero-order valence-corrected chi connectivity index (χ0v) is 6.74. The SMILES string of the molecule is CC(C)[C@@H](N)c1coc(O)c1. The first-order valence-corrected chi connectivity index (χ1v) is 3.64. The van der Waals surface area contributed by atoms with Crippen LogP contribution in [0.2, 0.25) is 0 Å². The predicted molar refractivity (Wildman–Crippen MR) is 42.1 cm³/mol. The van der Waals surface area contributed by atoms with E-state index in [2.05, 4.69) is 0 Å². The van der Waals surface area contributed by atoms with E-state index in [1.807, 2.05) is 13.8 Å². The molecule has 0 aromatic carbocycles. The molecule has 11 heavy (non-hydrogen) atoms. The number of hydrogen-bond acceptors (Lipinski definition) is 3. The topological polar surface area (TPSA) is 59.4 Å². The van der Waals surface area contributed by atoms with Crippen molar-refractivity contribution in [3.05, 3.63) is 17.9 Å². The highest BCUT2D eigenvalue weighted by Crippen LogP contribution is 2.23. The van der Waals surface area contributed by atoms with Gasteiger partial charge < -0.3 is 15.3 Å². The van der Waals surface area contributed by atoms with E-state index in [1.165, 1.54) is 6.26 Å². The minimum absolute atomic E-state index is 0.0559. The Kier molecular flexibility index (Phi) is 2.19. The van der Waals surface area contributed by atoms with Gasteiger partial charge in [-0.1, -0.05) is 13.8 Å². The first-order chi connectivity index (χ1) is 5.11. The average molecular weight is 155 g/mol. The molecule has 0 aliphatic heterocycles. The zero-order chi connectivity index (χ0) is 8.43. The molecule has 1 atom stereocenters. The van der Waals surface area contributed by atoms with E-state index in [0.29, 0.717) is 5.92 Å². The third-order valence-corrected chi connectivity index (χ3v) is 1.71. The fraction of sp³-hybridized carbons (Fsp3) is 0.500. The largest absolute Gasteiger partial charge is 0.481 e. The Labute approximate surface area is 65.8 Å². The summed E-state index contributed by atoms with van der Waals surface area (Å²) in [5.74, 6) is 0.281. The molecule has 0 unspecified atom stereocenters. The minimum atomic E-state index is -0.0731. The molecule has 0 saturated heterocycles. The molecule has 0 spiro atoms. The Morgan fingerprint density at radius 1 is 1.55 bits per heavy atom. The van der Waals surface area contributed by atoms with Crippen molar-refractivity contribution in [1.82, 2.24) is 0 Å². The molecule has 3 N–H and O–H groups in total. The molecule has 0 amide bonds. The number of rotatable bonds is 2. The Morgan fingerprint density at radius 2 is 2.18 bits per heavy atom. The summed E-state index contributed by atoms with van der Waals surface area (Å²) >= 11 is 0. The van der Waals surface area contributed by atoms with Gasteiger partial charge in [-0.05, 0) is 5.92 Å².